The number of amides is 1. The SMILES string of the molecule is O=C1CN(c2ncccc2CO)C[C@@H]2C[C@H](c3c(O)ccc(Cl)c3Cl)CN12. The van der Waals surface area contributed by atoms with Crippen LogP contribution in [-0.2, 0) is 11.4 Å². The van der Waals surface area contributed by atoms with Crippen molar-refractivity contribution in [2.45, 2.75) is 25.0 Å². The first-order valence-corrected chi connectivity index (χ1v) is 9.51. The quantitative estimate of drug-likeness (QED) is 0.817. The first-order chi connectivity index (χ1) is 13.0. The zero-order valence-electron chi connectivity index (χ0n) is 14.5. The lowest BCUT2D eigenvalue weighted by Crippen LogP contribution is -2.54. The van der Waals surface area contributed by atoms with Crippen LogP contribution in [0.1, 0.15) is 23.5 Å². The third-order valence-electron chi connectivity index (χ3n) is 5.35. The Balaban J connectivity index is 1.60. The third kappa shape index (κ3) is 3.22. The number of aromatic hydroxyl groups is 1. The Bertz CT molecular complexity index is 892. The molecule has 142 valence electrons. The molecule has 6 nitrogen and oxygen atoms in total. The lowest BCUT2D eigenvalue weighted by Gasteiger charge is -2.38. The van der Waals surface area contributed by atoms with Crippen molar-refractivity contribution in [1.29, 1.82) is 0 Å². The number of benzene rings is 1. The van der Waals surface area contributed by atoms with Gasteiger partial charge in [-0.1, -0.05) is 29.3 Å². The highest BCUT2D eigenvalue weighted by Gasteiger charge is 2.42. The maximum absolute atomic E-state index is 12.7. The molecule has 2 aliphatic rings. The predicted octanol–water partition coefficient (Wildman–Crippen LogP) is 2.79. The van der Waals surface area contributed by atoms with Gasteiger partial charge in [-0.15, -0.1) is 0 Å². The van der Waals surface area contributed by atoms with Crippen LogP contribution < -0.4 is 4.90 Å². The molecular weight excluding hydrogens is 389 g/mol. The lowest BCUT2D eigenvalue weighted by atomic mass is 9.95. The van der Waals surface area contributed by atoms with Gasteiger partial charge in [0.1, 0.15) is 11.6 Å². The maximum Gasteiger partial charge on any atom is 0.242 e. The molecule has 2 aromatic rings. The number of aliphatic hydroxyl groups excluding tert-OH is 1. The van der Waals surface area contributed by atoms with Gasteiger partial charge in [-0.3, -0.25) is 4.79 Å². The van der Waals surface area contributed by atoms with Crippen LogP contribution in [0.15, 0.2) is 30.5 Å². The Kier molecular flexibility index (Phi) is 4.88. The number of hydrogen-bond acceptors (Lipinski definition) is 5. The summed E-state index contributed by atoms with van der Waals surface area (Å²) in [5.41, 5.74) is 1.30. The highest BCUT2D eigenvalue weighted by Crippen LogP contribution is 2.43. The molecule has 0 bridgehead atoms. The van der Waals surface area contributed by atoms with E-state index in [1.165, 1.54) is 6.07 Å². The van der Waals surface area contributed by atoms with Crippen LogP contribution in [0.25, 0.3) is 0 Å². The summed E-state index contributed by atoms with van der Waals surface area (Å²) in [5.74, 6) is 0.665. The summed E-state index contributed by atoms with van der Waals surface area (Å²) >= 11 is 12.5. The van der Waals surface area contributed by atoms with E-state index in [-0.39, 0.29) is 36.8 Å². The Hall–Kier alpha value is -2.02. The van der Waals surface area contributed by atoms with Crippen molar-refractivity contribution in [3.8, 4) is 5.75 Å². The zero-order valence-corrected chi connectivity index (χ0v) is 16.0. The minimum atomic E-state index is -0.128. The minimum absolute atomic E-state index is 0.000864. The first-order valence-electron chi connectivity index (χ1n) is 8.75. The van der Waals surface area contributed by atoms with Gasteiger partial charge in [0.25, 0.3) is 0 Å². The van der Waals surface area contributed by atoms with Crippen LogP contribution >= 0.6 is 23.2 Å². The molecule has 1 aromatic carbocycles. The van der Waals surface area contributed by atoms with Gasteiger partial charge in [-0.05, 0) is 24.6 Å². The van der Waals surface area contributed by atoms with Crippen molar-refractivity contribution >= 4 is 34.9 Å². The number of halogens is 2. The molecule has 2 fully saturated rings. The molecule has 3 heterocycles. The van der Waals surface area contributed by atoms with Gasteiger partial charge in [0.15, 0.2) is 0 Å². The maximum atomic E-state index is 12.7. The van der Waals surface area contributed by atoms with Gasteiger partial charge in [0.05, 0.1) is 23.2 Å². The molecule has 0 aliphatic carbocycles. The van der Waals surface area contributed by atoms with Gasteiger partial charge in [-0.25, -0.2) is 4.98 Å². The lowest BCUT2D eigenvalue weighted by molar-refractivity contribution is -0.132. The number of rotatable bonds is 3. The summed E-state index contributed by atoms with van der Waals surface area (Å²) in [4.78, 5) is 20.9. The van der Waals surface area contributed by atoms with E-state index in [0.717, 1.165) is 0 Å². The van der Waals surface area contributed by atoms with Crippen LogP contribution in [0.5, 0.6) is 5.75 Å². The van der Waals surface area contributed by atoms with Crippen LogP contribution in [0.3, 0.4) is 0 Å². The van der Waals surface area contributed by atoms with E-state index in [9.17, 15) is 15.0 Å². The van der Waals surface area contributed by atoms with Gasteiger partial charge in [0.2, 0.25) is 5.91 Å². The summed E-state index contributed by atoms with van der Waals surface area (Å²) in [7, 11) is 0. The number of fused-ring (bicyclic) bond motifs is 1. The van der Waals surface area contributed by atoms with Gasteiger partial charge < -0.3 is 20.0 Å². The molecule has 8 heteroatoms. The number of anilines is 1. The summed E-state index contributed by atoms with van der Waals surface area (Å²) in [6, 6.07) is 6.66. The van der Waals surface area contributed by atoms with Gasteiger partial charge in [-0.2, -0.15) is 0 Å². The highest BCUT2D eigenvalue weighted by molar-refractivity contribution is 6.42. The van der Waals surface area contributed by atoms with E-state index in [1.807, 2.05) is 9.80 Å². The third-order valence-corrected chi connectivity index (χ3v) is 6.17. The van der Waals surface area contributed by atoms with E-state index in [2.05, 4.69) is 4.98 Å². The van der Waals surface area contributed by atoms with Crippen molar-refractivity contribution in [2.75, 3.05) is 24.5 Å². The zero-order chi connectivity index (χ0) is 19.1. The fourth-order valence-corrected chi connectivity index (χ4v) is 4.60. The molecule has 0 saturated carbocycles. The van der Waals surface area contributed by atoms with Crippen molar-refractivity contribution < 1.29 is 15.0 Å². The number of pyridine rings is 1. The molecule has 27 heavy (non-hydrogen) atoms. The minimum Gasteiger partial charge on any atom is -0.508 e. The van der Waals surface area contributed by atoms with Gasteiger partial charge in [0, 0.05) is 42.4 Å². The smallest absolute Gasteiger partial charge is 0.242 e. The number of carbonyl (C=O) groups is 1. The van der Waals surface area contributed by atoms with Crippen molar-refractivity contribution in [3.63, 3.8) is 0 Å². The molecule has 1 aromatic heterocycles. The molecule has 2 N–H and O–H groups in total. The molecule has 4 rings (SSSR count). The molecule has 2 atom stereocenters. The molecule has 2 saturated heterocycles. The summed E-state index contributed by atoms with van der Waals surface area (Å²) in [6.45, 7) is 1.20. The van der Waals surface area contributed by atoms with Crippen molar-refractivity contribution in [2.24, 2.45) is 0 Å². The Morgan fingerprint density at radius 2 is 2.04 bits per heavy atom. The fraction of sp³-hybridized carbons (Fsp3) is 0.368. The van der Waals surface area contributed by atoms with Crippen LogP contribution in [-0.4, -0.2) is 51.7 Å². The average Bonchev–Trinajstić information content (AvgIpc) is 3.09. The number of aromatic nitrogens is 1. The monoisotopic (exact) mass is 407 g/mol. The number of phenols is 1. The van der Waals surface area contributed by atoms with E-state index >= 15 is 0 Å². The predicted molar refractivity (Wildman–Crippen MR) is 103 cm³/mol. The molecule has 0 spiro atoms. The Labute approximate surface area is 166 Å². The molecule has 0 unspecified atom stereocenters. The average molecular weight is 408 g/mol. The first kappa shape index (κ1) is 18.3. The Morgan fingerprint density at radius 1 is 1.22 bits per heavy atom. The second-order valence-electron chi connectivity index (χ2n) is 6.95. The molecular formula is C19H19Cl2N3O3. The van der Waals surface area contributed by atoms with E-state index in [4.69, 9.17) is 23.2 Å². The van der Waals surface area contributed by atoms with E-state index in [1.54, 1.807) is 24.4 Å². The van der Waals surface area contributed by atoms with Crippen molar-refractivity contribution in [1.82, 2.24) is 9.88 Å². The number of piperazine rings is 1. The second-order valence-corrected chi connectivity index (χ2v) is 7.74. The van der Waals surface area contributed by atoms with E-state index < -0.39 is 0 Å². The van der Waals surface area contributed by atoms with Crippen LogP contribution in [0, 0.1) is 0 Å². The largest absolute Gasteiger partial charge is 0.508 e. The standard InChI is InChI=1S/C19H19Cl2N3O3/c20-14-3-4-15(26)17(18(14)21)12-6-13-8-23(9-16(27)24(13)7-12)19-11(10-25)2-1-5-22-19/h1-5,12-13,25-26H,6-10H2/t12-,13-/m0/s1. The normalized spacial score (nSPS) is 22.3. The molecule has 0 radical (unpaired) electrons. The fourth-order valence-electron chi connectivity index (χ4n) is 4.12. The topological polar surface area (TPSA) is 76.9 Å². The molecule has 2 aliphatic heterocycles. The number of nitrogens with zero attached hydrogens (tertiary/aromatic N) is 3. The summed E-state index contributed by atoms with van der Waals surface area (Å²) in [5, 5.41) is 20.6. The number of phenolic OH excluding ortho intramolecular Hbond substituents is 1. The summed E-state index contributed by atoms with van der Waals surface area (Å²) < 4.78 is 0. The summed E-state index contributed by atoms with van der Waals surface area (Å²) in [6.07, 6.45) is 2.34. The number of hydrogen-bond donors (Lipinski definition) is 2. The number of carbonyl (C=O) groups excluding carboxylic acids is 1. The van der Waals surface area contributed by atoms with Gasteiger partial charge >= 0.3 is 0 Å². The highest BCUT2D eigenvalue weighted by atomic mass is 35.5. The number of aliphatic hydroxyl groups is 1. The second kappa shape index (κ2) is 7.19. The van der Waals surface area contributed by atoms with Crippen LogP contribution in [0.4, 0.5) is 5.82 Å². The Morgan fingerprint density at radius 3 is 2.81 bits per heavy atom. The van der Waals surface area contributed by atoms with Crippen molar-refractivity contribution in [3.05, 3.63) is 51.6 Å². The van der Waals surface area contributed by atoms with E-state index in [0.29, 0.717) is 46.5 Å². The van der Waals surface area contributed by atoms with Crippen LogP contribution in [0.2, 0.25) is 10.0 Å². The molecule has 1 amide bonds.